The van der Waals surface area contributed by atoms with Crippen LogP contribution in [-0.2, 0) is 4.79 Å². The molecule has 1 N–H and O–H groups in total. The Morgan fingerprint density at radius 1 is 1.00 bits per heavy atom. The topological polar surface area (TPSA) is 90.4 Å². The summed E-state index contributed by atoms with van der Waals surface area (Å²) in [5, 5.41) is 9.76. The van der Waals surface area contributed by atoms with Crippen LogP contribution in [0.25, 0.3) is 0 Å². The first-order valence-electron chi connectivity index (χ1n) is 11.4. The van der Waals surface area contributed by atoms with Crippen LogP contribution in [-0.4, -0.2) is 77.2 Å². The van der Waals surface area contributed by atoms with Gasteiger partial charge in [0.25, 0.3) is 0 Å². The van der Waals surface area contributed by atoms with E-state index in [9.17, 15) is 23.9 Å². The SMILES string of the molecule is CN(C(=O)Oc1ccc(F)cc1)[C@@H]1CN(C(=O)C2CCN(C(=O)O)CC2)C[C@H]1c1ccc(Cl)cc1. The molecule has 0 aliphatic carbocycles. The van der Waals surface area contributed by atoms with Gasteiger partial charge in [-0.05, 0) is 54.8 Å². The minimum absolute atomic E-state index is 0.0307. The third kappa shape index (κ3) is 5.67. The van der Waals surface area contributed by atoms with E-state index in [2.05, 4.69) is 0 Å². The van der Waals surface area contributed by atoms with E-state index in [1.54, 1.807) is 24.1 Å². The summed E-state index contributed by atoms with van der Waals surface area (Å²) in [5.41, 5.74) is 0.942. The average molecular weight is 504 g/mol. The minimum atomic E-state index is -0.971. The molecule has 2 atom stereocenters. The zero-order valence-corrected chi connectivity index (χ0v) is 20.0. The lowest BCUT2D eigenvalue weighted by atomic mass is 9.93. The van der Waals surface area contributed by atoms with Gasteiger partial charge in [-0.15, -0.1) is 0 Å². The molecule has 0 spiro atoms. The van der Waals surface area contributed by atoms with Gasteiger partial charge in [-0.3, -0.25) is 4.79 Å². The van der Waals surface area contributed by atoms with Gasteiger partial charge in [0.05, 0.1) is 6.04 Å². The smallest absolute Gasteiger partial charge is 0.415 e. The Bertz CT molecular complexity index is 1070. The number of halogens is 2. The van der Waals surface area contributed by atoms with Crippen LogP contribution in [0, 0.1) is 11.7 Å². The first kappa shape index (κ1) is 24.8. The van der Waals surface area contributed by atoms with Gasteiger partial charge in [0, 0.05) is 50.1 Å². The predicted octanol–water partition coefficient (Wildman–Crippen LogP) is 4.29. The first-order chi connectivity index (χ1) is 16.7. The summed E-state index contributed by atoms with van der Waals surface area (Å²) >= 11 is 6.06. The highest BCUT2D eigenvalue weighted by molar-refractivity contribution is 6.30. The van der Waals surface area contributed by atoms with E-state index >= 15 is 0 Å². The Morgan fingerprint density at radius 3 is 2.23 bits per heavy atom. The quantitative estimate of drug-likeness (QED) is 0.672. The molecule has 3 amide bonds. The van der Waals surface area contributed by atoms with Crippen LogP contribution in [0.1, 0.15) is 24.3 Å². The number of hydrogen-bond donors (Lipinski definition) is 1. The van der Waals surface area contributed by atoms with Crippen molar-refractivity contribution in [2.75, 3.05) is 33.2 Å². The summed E-state index contributed by atoms with van der Waals surface area (Å²) in [4.78, 5) is 42.0. The lowest BCUT2D eigenvalue weighted by Crippen LogP contribution is -2.45. The lowest BCUT2D eigenvalue weighted by Gasteiger charge is -2.31. The number of amides is 3. The molecule has 0 unspecified atom stereocenters. The number of rotatable bonds is 4. The standard InChI is InChI=1S/C25H27ClFN3O5/c1-28(25(34)35-20-8-6-19(27)7-9-20)22-15-30(14-21(22)16-2-4-18(26)5-3-16)23(31)17-10-12-29(13-11-17)24(32)33/h2-9,17,21-22H,10-15H2,1H3,(H,32,33)/t21-,22+/m0/s1. The average Bonchev–Trinajstić information content (AvgIpc) is 3.30. The molecule has 2 aromatic carbocycles. The molecule has 10 heteroatoms. The van der Waals surface area contributed by atoms with Crippen molar-refractivity contribution in [3.63, 3.8) is 0 Å². The predicted molar refractivity (Wildman–Crippen MR) is 127 cm³/mol. The van der Waals surface area contributed by atoms with Gasteiger partial charge in [0.1, 0.15) is 11.6 Å². The fourth-order valence-corrected chi connectivity index (χ4v) is 4.91. The molecule has 8 nitrogen and oxygen atoms in total. The Labute approximate surface area is 207 Å². The van der Waals surface area contributed by atoms with Gasteiger partial charge in [0.2, 0.25) is 5.91 Å². The van der Waals surface area contributed by atoms with Gasteiger partial charge in [-0.2, -0.15) is 0 Å². The minimum Gasteiger partial charge on any atom is -0.465 e. The molecule has 0 aromatic heterocycles. The van der Waals surface area contributed by atoms with E-state index < -0.39 is 18.0 Å². The summed E-state index contributed by atoms with van der Waals surface area (Å²) in [6, 6.07) is 12.2. The monoisotopic (exact) mass is 503 g/mol. The van der Waals surface area contributed by atoms with Crippen LogP contribution in [0.3, 0.4) is 0 Å². The number of likely N-dealkylation sites (tertiary alicyclic amines) is 2. The van der Waals surface area contributed by atoms with Gasteiger partial charge in [0.15, 0.2) is 0 Å². The number of carbonyl (C=O) groups excluding carboxylic acids is 2. The molecule has 2 saturated heterocycles. The van der Waals surface area contributed by atoms with Crippen molar-refractivity contribution >= 4 is 29.7 Å². The number of piperidine rings is 1. The summed E-state index contributed by atoms with van der Waals surface area (Å²) < 4.78 is 18.6. The molecule has 35 heavy (non-hydrogen) atoms. The molecule has 0 saturated carbocycles. The summed E-state index contributed by atoms with van der Waals surface area (Å²) in [5.74, 6) is -0.660. The highest BCUT2D eigenvalue weighted by Crippen LogP contribution is 2.34. The maximum atomic E-state index is 13.3. The van der Waals surface area contributed by atoms with Crippen LogP contribution < -0.4 is 4.74 Å². The number of hydrogen-bond acceptors (Lipinski definition) is 4. The Balaban J connectivity index is 1.50. The van der Waals surface area contributed by atoms with Gasteiger partial charge in [-0.25, -0.2) is 14.0 Å². The molecular formula is C25H27ClFN3O5. The summed E-state index contributed by atoms with van der Waals surface area (Å²) in [6.45, 7) is 1.39. The van der Waals surface area contributed by atoms with Crippen LogP contribution >= 0.6 is 11.6 Å². The fourth-order valence-electron chi connectivity index (χ4n) is 4.78. The zero-order chi connectivity index (χ0) is 25.1. The van der Waals surface area contributed by atoms with Crippen molar-refractivity contribution in [3.05, 3.63) is 64.9 Å². The molecule has 2 fully saturated rings. The molecule has 2 aliphatic heterocycles. The lowest BCUT2D eigenvalue weighted by molar-refractivity contribution is -0.136. The summed E-state index contributed by atoms with van der Waals surface area (Å²) in [6.07, 6.45) is -0.633. The van der Waals surface area contributed by atoms with Crippen LogP contribution in [0.4, 0.5) is 14.0 Å². The second-order valence-corrected chi connectivity index (χ2v) is 9.38. The first-order valence-corrected chi connectivity index (χ1v) is 11.8. The van der Waals surface area contributed by atoms with Crippen LogP contribution in [0.15, 0.2) is 48.5 Å². The van der Waals surface area contributed by atoms with E-state index in [1.165, 1.54) is 34.1 Å². The largest absolute Gasteiger partial charge is 0.465 e. The normalized spacial score (nSPS) is 20.5. The Kier molecular flexibility index (Phi) is 7.45. The number of carbonyl (C=O) groups is 3. The zero-order valence-electron chi connectivity index (χ0n) is 19.3. The van der Waals surface area contributed by atoms with Crippen molar-refractivity contribution in [2.45, 2.75) is 24.8 Å². The number of ether oxygens (including phenoxy) is 1. The van der Waals surface area contributed by atoms with Crippen molar-refractivity contribution in [1.29, 1.82) is 0 Å². The summed E-state index contributed by atoms with van der Waals surface area (Å²) in [7, 11) is 1.62. The third-order valence-electron chi connectivity index (χ3n) is 6.82. The second kappa shape index (κ2) is 10.5. The molecule has 2 aliphatic rings. The molecule has 0 radical (unpaired) electrons. The van der Waals surface area contributed by atoms with Crippen molar-refractivity contribution < 1.29 is 28.6 Å². The van der Waals surface area contributed by atoms with Crippen LogP contribution in [0.5, 0.6) is 5.75 Å². The highest BCUT2D eigenvalue weighted by atomic mass is 35.5. The van der Waals surface area contributed by atoms with E-state index in [0.717, 1.165) is 5.56 Å². The molecule has 186 valence electrons. The third-order valence-corrected chi connectivity index (χ3v) is 7.07. The molecule has 2 heterocycles. The van der Waals surface area contributed by atoms with Crippen LogP contribution in [0.2, 0.25) is 5.02 Å². The van der Waals surface area contributed by atoms with E-state index in [-0.39, 0.29) is 29.5 Å². The molecule has 2 aromatic rings. The second-order valence-electron chi connectivity index (χ2n) is 8.95. The maximum Gasteiger partial charge on any atom is 0.415 e. The van der Waals surface area contributed by atoms with Crippen molar-refractivity contribution in [2.24, 2.45) is 5.92 Å². The van der Waals surface area contributed by atoms with Crippen molar-refractivity contribution in [3.8, 4) is 5.75 Å². The number of nitrogens with zero attached hydrogens (tertiary/aromatic N) is 3. The van der Waals surface area contributed by atoms with Gasteiger partial charge in [-0.1, -0.05) is 23.7 Å². The number of benzene rings is 2. The molecular weight excluding hydrogens is 477 g/mol. The Hall–Kier alpha value is -3.33. The molecule has 0 bridgehead atoms. The van der Waals surface area contributed by atoms with Gasteiger partial charge >= 0.3 is 12.2 Å². The number of likely N-dealkylation sites (N-methyl/N-ethyl adjacent to an activating group) is 1. The Morgan fingerprint density at radius 2 is 1.63 bits per heavy atom. The highest BCUT2D eigenvalue weighted by Gasteiger charge is 2.42. The number of carboxylic acid groups (broad SMARTS) is 1. The molecule has 4 rings (SSSR count). The van der Waals surface area contributed by atoms with E-state index in [1.807, 2.05) is 12.1 Å². The fraction of sp³-hybridized carbons (Fsp3) is 0.400. The van der Waals surface area contributed by atoms with Crippen molar-refractivity contribution in [1.82, 2.24) is 14.7 Å². The maximum absolute atomic E-state index is 13.3. The van der Waals surface area contributed by atoms with Gasteiger partial charge < -0.3 is 24.5 Å². The van der Waals surface area contributed by atoms with E-state index in [4.69, 9.17) is 16.3 Å². The van der Waals surface area contributed by atoms with E-state index in [0.29, 0.717) is 44.0 Å².